The molecule has 0 saturated carbocycles. The Labute approximate surface area is 149 Å². The molecule has 130 valence electrons. The molecule has 0 spiro atoms. The van der Waals surface area contributed by atoms with Crippen LogP contribution >= 0.6 is 11.3 Å². The normalized spacial score (nSPS) is 11.0. The Morgan fingerprint density at radius 1 is 1.12 bits per heavy atom. The lowest BCUT2D eigenvalue weighted by atomic mass is 10.0. The summed E-state index contributed by atoms with van der Waals surface area (Å²) in [5, 5.41) is 2.96. The van der Waals surface area contributed by atoms with Crippen LogP contribution in [-0.2, 0) is 12.8 Å². The Morgan fingerprint density at radius 2 is 1.83 bits per heavy atom. The molecule has 0 aliphatic heterocycles. The van der Waals surface area contributed by atoms with E-state index in [0.29, 0.717) is 11.6 Å². The minimum absolute atomic E-state index is 0.0756. The molecule has 1 aromatic carbocycles. The first kappa shape index (κ1) is 18.7. The average molecular weight is 345 g/mol. The molecule has 1 aromatic heterocycles. The molecule has 3 nitrogen and oxygen atoms in total. The van der Waals surface area contributed by atoms with E-state index in [1.165, 1.54) is 5.56 Å². The van der Waals surface area contributed by atoms with E-state index in [-0.39, 0.29) is 5.91 Å². The monoisotopic (exact) mass is 344 g/mol. The predicted octanol–water partition coefficient (Wildman–Crippen LogP) is 4.83. The van der Waals surface area contributed by atoms with Crippen molar-refractivity contribution in [1.82, 2.24) is 9.88 Å². The SMILES string of the molecule is CCC(CC)CN(CC)C(=O)c1csc(CCc2ccccc2)n1. The quantitative estimate of drug-likeness (QED) is 0.653. The van der Waals surface area contributed by atoms with Crippen molar-refractivity contribution < 1.29 is 4.79 Å². The number of aryl methyl sites for hydroxylation is 2. The van der Waals surface area contributed by atoms with Gasteiger partial charge in [0.1, 0.15) is 5.69 Å². The average Bonchev–Trinajstić information content (AvgIpc) is 3.10. The highest BCUT2D eigenvalue weighted by Crippen LogP contribution is 2.17. The van der Waals surface area contributed by atoms with E-state index in [9.17, 15) is 4.79 Å². The second-order valence-corrected chi connectivity index (χ2v) is 7.08. The molecule has 4 heteroatoms. The van der Waals surface area contributed by atoms with Crippen molar-refractivity contribution in [2.75, 3.05) is 13.1 Å². The molecule has 0 radical (unpaired) electrons. The second-order valence-electron chi connectivity index (χ2n) is 6.14. The van der Waals surface area contributed by atoms with Crippen molar-refractivity contribution in [2.45, 2.75) is 46.5 Å². The molecule has 0 fully saturated rings. The van der Waals surface area contributed by atoms with E-state index in [0.717, 1.165) is 43.8 Å². The van der Waals surface area contributed by atoms with Crippen molar-refractivity contribution in [1.29, 1.82) is 0 Å². The molecule has 0 bridgehead atoms. The van der Waals surface area contributed by atoms with Crippen LogP contribution in [0.25, 0.3) is 0 Å². The van der Waals surface area contributed by atoms with Crippen LogP contribution in [0.1, 0.15) is 54.7 Å². The van der Waals surface area contributed by atoms with E-state index in [4.69, 9.17) is 0 Å². The van der Waals surface area contributed by atoms with Gasteiger partial charge in [-0.25, -0.2) is 4.98 Å². The molecule has 1 heterocycles. The Bertz CT molecular complexity index is 620. The van der Waals surface area contributed by atoms with Crippen LogP contribution in [-0.4, -0.2) is 28.9 Å². The minimum atomic E-state index is 0.0756. The third kappa shape index (κ3) is 5.17. The zero-order valence-corrected chi connectivity index (χ0v) is 15.8. The van der Waals surface area contributed by atoms with Crippen LogP contribution in [0.5, 0.6) is 0 Å². The van der Waals surface area contributed by atoms with E-state index in [1.807, 2.05) is 23.3 Å². The molecule has 0 aliphatic rings. The number of hydrogen-bond acceptors (Lipinski definition) is 3. The number of hydrogen-bond donors (Lipinski definition) is 0. The highest BCUT2D eigenvalue weighted by Gasteiger charge is 2.19. The van der Waals surface area contributed by atoms with E-state index < -0.39 is 0 Å². The van der Waals surface area contributed by atoms with Gasteiger partial charge >= 0.3 is 0 Å². The van der Waals surface area contributed by atoms with Crippen LogP contribution in [0, 0.1) is 5.92 Å². The van der Waals surface area contributed by atoms with Crippen molar-refractivity contribution >= 4 is 17.2 Å². The van der Waals surface area contributed by atoms with Gasteiger partial charge in [0.25, 0.3) is 5.91 Å². The zero-order valence-electron chi connectivity index (χ0n) is 15.0. The third-order valence-electron chi connectivity index (χ3n) is 4.54. The lowest BCUT2D eigenvalue weighted by molar-refractivity contribution is 0.0729. The maximum Gasteiger partial charge on any atom is 0.273 e. The number of carbonyl (C=O) groups is 1. The van der Waals surface area contributed by atoms with Crippen LogP contribution in [0.2, 0.25) is 0 Å². The second kappa shape index (κ2) is 9.58. The molecule has 2 rings (SSSR count). The van der Waals surface area contributed by atoms with Gasteiger partial charge in [0, 0.05) is 24.9 Å². The fraction of sp³-hybridized carbons (Fsp3) is 0.500. The Kier molecular flexibility index (Phi) is 7.44. The van der Waals surface area contributed by atoms with Gasteiger partial charge in [0.15, 0.2) is 0 Å². The first-order valence-corrected chi connectivity index (χ1v) is 9.83. The minimum Gasteiger partial charge on any atom is -0.337 e. The summed E-state index contributed by atoms with van der Waals surface area (Å²) in [4.78, 5) is 19.2. The van der Waals surface area contributed by atoms with Gasteiger partial charge in [0.05, 0.1) is 5.01 Å². The molecular formula is C20H28N2OS. The predicted molar refractivity (Wildman–Crippen MR) is 102 cm³/mol. The molecule has 1 amide bonds. The lowest BCUT2D eigenvalue weighted by Crippen LogP contribution is -2.35. The standard InChI is InChI=1S/C20H28N2OS/c1-4-16(5-2)14-22(6-3)20(23)18-15-24-19(21-18)13-12-17-10-8-7-9-11-17/h7-11,15-16H,4-6,12-14H2,1-3H3. The molecule has 0 N–H and O–H groups in total. The van der Waals surface area contributed by atoms with Gasteiger partial charge in [0.2, 0.25) is 0 Å². The maximum atomic E-state index is 12.7. The zero-order chi connectivity index (χ0) is 17.4. The van der Waals surface area contributed by atoms with Crippen LogP contribution in [0.15, 0.2) is 35.7 Å². The third-order valence-corrected chi connectivity index (χ3v) is 5.45. The van der Waals surface area contributed by atoms with E-state index in [1.54, 1.807) is 11.3 Å². The van der Waals surface area contributed by atoms with E-state index >= 15 is 0 Å². The lowest BCUT2D eigenvalue weighted by Gasteiger charge is -2.24. The number of thiazole rings is 1. The van der Waals surface area contributed by atoms with Crippen molar-refractivity contribution in [2.24, 2.45) is 5.92 Å². The smallest absolute Gasteiger partial charge is 0.273 e. The van der Waals surface area contributed by atoms with Crippen LogP contribution in [0.4, 0.5) is 0 Å². The maximum absolute atomic E-state index is 12.7. The van der Waals surface area contributed by atoms with E-state index in [2.05, 4.69) is 43.1 Å². The summed E-state index contributed by atoms with van der Waals surface area (Å²) in [6, 6.07) is 10.4. The fourth-order valence-electron chi connectivity index (χ4n) is 2.80. The number of benzene rings is 1. The number of aromatic nitrogens is 1. The first-order valence-electron chi connectivity index (χ1n) is 8.95. The molecule has 0 aliphatic carbocycles. The van der Waals surface area contributed by atoms with Crippen molar-refractivity contribution in [3.63, 3.8) is 0 Å². The van der Waals surface area contributed by atoms with Gasteiger partial charge in [-0.1, -0.05) is 57.0 Å². The number of carbonyl (C=O) groups excluding carboxylic acids is 1. The van der Waals surface area contributed by atoms with Crippen LogP contribution in [0.3, 0.4) is 0 Å². The van der Waals surface area contributed by atoms with Crippen molar-refractivity contribution in [3.05, 3.63) is 52.0 Å². The highest BCUT2D eigenvalue weighted by atomic mass is 32.1. The summed E-state index contributed by atoms with van der Waals surface area (Å²) >= 11 is 1.60. The first-order chi connectivity index (χ1) is 11.7. The molecule has 0 atom stereocenters. The number of amides is 1. The largest absolute Gasteiger partial charge is 0.337 e. The Balaban J connectivity index is 1.96. The fourth-order valence-corrected chi connectivity index (χ4v) is 3.57. The molecule has 2 aromatic rings. The van der Waals surface area contributed by atoms with Gasteiger partial charge in [-0.05, 0) is 24.8 Å². The summed E-state index contributed by atoms with van der Waals surface area (Å²) in [6.07, 6.45) is 4.08. The van der Waals surface area contributed by atoms with Crippen molar-refractivity contribution in [3.8, 4) is 0 Å². The van der Waals surface area contributed by atoms with Crippen LogP contribution < -0.4 is 0 Å². The highest BCUT2D eigenvalue weighted by molar-refractivity contribution is 7.09. The molecular weight excluding hydrogens is 316 g/mol. The summed E-state index contributed by atoms with van der Waals surface area (Å²) in [5.41, 5.74) is 1.92. The molecule has 24 heavy (non-hydrogen) atoms. The molecule has 0 saturated heterocycles. The van der Waals surface area contributed by atoms with Gasteiger partial charge in [-0.3, -0.25) is 4.79 Å². The van der Waals surface area contributed by atoms with Gasteiger partial charge < -0.3 is 4.90 Å². The molecule has 0 unspecified atom stereocenters. The Morgan fingerprint density at radius 3 is 2.46 bits per heavy atom. The Hall–Kier alpha value is -1.68. The summed E-state index contributed by atoms with van der Waals surface area (Å²) < 4.78 is 0. The number of rotatable bonds is 9. The number of nitrogens with zero attached hydrogens (tertiary/aromatic N) is 2. The van der Waals surface area contributed by atoms with Gasteiger partial charge in [-0.15, -0.1) is 11.3 Å². The summed E-state index contributed by atoms with van der Waals surface area (Å²) in [5.74, 6) is 0.650. The van der Waals surface area contributed by atoms with Gasteiger partial charge in [-0.2, -0.15) is 0 Å². The summed E-state index contributed by atoms with van der Waals surface area (Å²) in [7, 11) is 0. The topological polar surface area (TPSA) is 33.2 Å². The summed E-state index contributed by atoms with van der Waals surface area (Å²) in [6.45, 7) is 8.00.